The molecule has 0 aliphatic heterocycles. The van der Waals surface area contributed by atoms with Gasteiger partial charge in [-0.25, -0.2) is 4.79 Å². The lowest BCUT2D eigenvalue weighted by Crippen LogP contribution is -2.59. The zero-order valence-electron chi connectivity index (χ0n) is 21.3. The summed E-state index contributed by atoms with van der Waals surface area (Å²) >= 11 is 0. The Morgan fingerprint density at radius 3 is 2.38 bits per heavy atom. The number of amides is 1. The summed E-state index contributed by atoms with van der Waals surface area (Å²) in [5.74, 6) is 1.71. The van der Waals surface area contributed by atoms with Gasteiger partial charge in [0, 0.05) is 24.9 Å². The maximum Gasteiger partial charge on any atom is 0.409 e. The van der Waals surface area contributed by atoms with E-state index in [0.29, 0.717) is 35.1 Å². The zero-order valence-corrected chi connectivity index (χ0v) is 21.3. The molecule has 4 heteroatoms. The Morgan fingerprint density at radius 1 is 1.06 bits per heavy atom. The van der Waals surface area contributed by atoms with Crippen LogP contribution in [0.2, 0.25) is 0 Å². The van der Waals surface area contributed by atoms with Crippen LogP contribution in [0.25, 0.3) is 0 Å². The van der Waals surface area contributed by atoms with E-state index in [1.54, 1.807) is 0 Å². The van der Waals surface area contributed by atoms with Gasteiger partial charge in [-0.3, -0.25) is 4.79 Å². The molecule has 0 aromatic rings. The van der Waals surface area contributed by atoms with E-state index in [1.165, 1.54) is 32.1 Å². The first-order valence-electron chi connectivity index (χ1n) is 13.0. The van der Waals surface area contributed by atoms with Gasteiger partial charge in [0.25, 0.3) is 0 Å². The van der Waals surface area contributed by atoms with Gasteiger partial charge in [0.2, 0.25) is 0 Å². The summed E-state index contributed by atoms with van der Waals surface area (Å²) in [6.07, 6.45) is 11.2. The molecule has 7 unspecified atom stereocenters. The van der Waals surface area contributed by atoms with Crippen molar-refractivity contribution in [3.63, 3.8) is 0 Å². The summed E-state index contributed by atoms with van der Waals surface area (Å²) in [5.41, 5.74) is 2.17. The molecule has 5 aliphatic rings. The second-order valence-electron chi connectivity index (χ2n) is 12.9. The fraction of sp³-hybridized carbons (Fsp3) is 0.857. The number of hydrogen-bond donors (Lipinski definition) is 0. The highest BCUT2D eigenvalue weighted by atomic mass is 16.6. The third kappa shape index (κ3) is 2.35. The quantitative estimate of drug-likeness (QED) is 0.466. The Bertz CT molecular complexity index is 891. The predicted octanol–water partition coefficient (Wildman–Crippen LogP) is 6.39. The van der Waals surface area contributed by atoms with Crippen molar-refractivity contribution < 1.29 is 14.3 Å². The second kappa shape index (κ2) is 6.63. The van der Waals surface area contributed by atoms with Crippen LogP contribution in [0.15, 0.2) is 11.6 Å². The number of fused-ring (bicyclic) bond motifs is 2. The lowest BCUT2D eigenvalue weighted by atomic mass is 9.42. The van der Waals surface area contributed by atoms with E-state index < -0.39 is 0 Å². The number of nitrogens with zero attached hydrogens (tertiary/aromatic N) is 1. The van der Waals surface area contributed by atoms with Crippen molar-refractivity contribution in [1.29, 1.82) is 0 Å². The second-order valence-corrected chi connectivity index (χ2v) is 12.9. The highest BCUT2D eigenvalue weighted by molar-refractivity contribution is 6.00. The number of ether oxygens (including phenoxy) is 1. The van der Waals surface area contributed by atoms with Crippen LogP contribution >= 0.6 is 0 Å². The van der Waals surface area contributed by atoms with Gasteiger partial charge in [-0.1, -0.05) is 33.8 Å². The molecule has 5 rings (SSSR count). The Morgan fingerprint density at radius 2 is 1.72 bits per heavy atom. The fourth-order valence-corrected chi connectivity index (χ4v) is 10.5. The molecule has 1 amide bonds. The van der Waals surface area contributed by atoms with Gasteiger partial charge in [0.1, 0.15) is 0 Å². The normalized spacial score (nSPS) is 49.5. The van der Waals surface area contributed by atoms with Crippen LogP contribution in [0.5, 0.6) is 0 Å². The van der Waals surface area contributed by atoms with Crippen molar-refractivity contribution in [3.8, 4) is 0 Å². The smallest absolute Gasteiger partial charge is 0.409 e. The third-order valence-electron chi connectivity index (χ3n) is 12.0. The summed E-state index contributed by atoms with van der Waals surface area (Å²) in [6, 6.07) is 0.235. The summed E-state index contributed by atoms with van der Waals surface area (Å²) in [7, 11) is 1.94. The molecule has 0 N–H and O–H groups in total. The highest BCUT2D eigenvalue weighted by Gasteiger charge is 2.82. The van der Waals surface area contributed by atoms with E-state index in [0.717, 1.165) is 24.8 Å². The van der Waals surface area contributed by atoms with Gasteiger partial charge in [-0.15, -0.1) is 0 Å². The molecule has 0 radical (unpaired) electrons. The molecule has 7 atom stereocenters. The van der Waals surface area contributed by atoms with Gasteiger partial charge >= 0.3 is 6.09 Å². The Balaban J connectivity index is 1.47. The van der Waals surface area contributed by atoms with Crippen molar-refractivity contribution >= 4 is 11.9 Å². The third-order valence-corrected chi connectivity index (χ3v) is 12.0. The van der Waals surface area contributed by atoms with Crippen molar-refractivity contribution in [2.75, 3.05) is 13.7 Å². The molecule has 0 saturated heterocycles. The SMILES string of the molecule is CC=C1C(=O)CC2(C)C3CCC4C(C)(C)C(N(C)C(=O)OCC)CCC45CC35CCC12C. The number of ketones is 1. The van der Waals surface area contributed by atoms with Gasteiger partial charge in [0.15, 0.2) is 5.78 Å². The lowest BCUT2D eigenvalue weighted by molar-refractivity contribution is -0.136. The van der Waals surface area contributed by atoms with E-state index in [1.807, 2.05) is 18.9 Å². The van der Waals surface area contributed by atoms with Crippen molar-refractivity contribution in [1.82, 2.24) is 4.90 Å². The minimum atomic E-state index is -0.176. The molecular weight excluding hydrogens is 398 g/mol. The first-order chi connectivity index (χ1) is 14.9. The molecule has 178 valence electrons. The van der Waals surface area contributed by atoms with E-state index in [2.05, 4.69) is 40.7 Å². The highest BCUT2D eigenvalue weighted by Crippen LogP contribution is 2.88. The van der Waals surface area contributed by atoms with Crippen LogP contribution in [0, 0.1) is 38.9 Å². The average molecular weight is 442 g/mol. The molecule has 5 aliphatic carbocycles. The standard InChI is InChI=1S/C28H43NO3/c1-8-18-19(30)16-26(6)21-11-10-20-24(3,4)22(29(7)23(31)32-9-2)12-13-27(20)17-28(21,27)15-14-25(18,26)5/h8,20-22H,9-17H2,1-7H3. The van der Waals surface area contributed by atoms with Gasteiger partial charge in [0.05, 0.1) is 6.61 Å². The molecule has 0 bridgehead atoms. The lowest BCUT2D eigenvalue weighted by Gasteiger charge is -2.63. The maximum atomic E-state index is 13.1. The molecular formula is C28H43NO3. The average Bonchev–Trinajstić information content (AvgIpc) is 3.33. The number of Topliss-reactive ketones (excluding diaryl/α,β-unsaturated/α-hetero) is 1. The monoisotopic (exact) mass is 441 g/mol. The minimum Gasteiger partial charge on any atom is -0.450 e. The Kier molecular flexibility index (Phi) is 4.66. The van der Waals surface area contributed by atoms with Crippen LogP contribution in [0.4, 0.5) is 4.79 Å². The van der Waals surface area contributed by atoms with E-state index >= 15 is 0 Å². The number of hydrogen-bond acceptors (Lipinski definition) is 3. The summed E-state index contributed by atoms with van der Waals surface area (Å²) < 4.78 is 5.36. The largest absolute Gasteiger partial charge is 0.450 e. The van der Waals surface area contributed by atoms with Gasteiger partial charge < -0.3 is 9.64 Å². The van der Waals surface area contributed by atoms with Gasteiger partial charge in [-0.2, -0.15) is 0 Å². The Hall–Kier alpha value is -1.32. The molecule has 5 fully saturated rings. The molecule has 32 heavy (non-hydrogen) atoms. The first-order valence-corrected chi connectivity index (χ1v) is 13.0. The maximum absolute atomic E-state index is 13.1. The van der Waals surface area contributed by atoms with Crippen molar-refractivity contribution in [2.24, 2.45) is 38.9 Å². The first kappa shape index (κ1) is 22.5. The topological polar surface area (TPSA) is 46.6 Å². The summed E-state index contributed by atoms with van der Waals surface area (Å²) in [4.78, 5) is 27.5. The number of rotatable bonds is 2. The Labute approximate surface area is 194 Å². The molecule has 5 saturated carbocycles. The molecule has 0 aromatic carbocycles. The minimum absolute atomic E-state index is 0.0439. The summed E-state index contributed by atoms with van der Waals surface area (Å²) in [6.45, 7) is 14.1. The molecule has 0 heterocycles. The number of carbonyl (C=O) groups excluding carboxylic acids is 2. The van der Waals surface area contributed by atoms with E-state index in [4.69, 9.17) is 4.74 Å². The van der Waals surface area contributed by atoms with Crippen LogP contribution in [-0.4, -0.2) is 36.5 Å². The molecule has 0 aromatic heterocycles. The molecule has 4 nitrogen and oxygen atoms in total. The predicted molar refractivity (Wildman–Crippen MR) is 126 cm³/mol. The van der Waals surface area contributed by atoms with Gasteiger partial charge in [-0.05, 0) is 97.9 Å². The van der Waals surface area contributed by atoms with Crippen LogP contribution < -0.4 is 0 Å². The zero-order chi connectivity index (χ0) is 23.3. The van der Waals surface area contributed by atoms with E-state index in [9.17, 15) is 9.59 Å². The number of carbonyl (C=O) groups is 2. The van der Waals surface area contributed by atoms with Crippen LogP contribution in [0.1, 0.15) is 92.9 Å². The van der Waals surface area contributed by atoms with Crippen molar-refractivity contribution in [2.45, 2.75) is 99.0 Å². The van der Waals surface area contributed by atoms with Crippen LogP contribution in [0.3, 0.4) is 0 Å². The van der Waals surface area contributed by atoms with E-state index in [-0.39, 0.29) is 28.4 Å². The fourth-order valence-electron chi connectivity index (χ4n) is 10.5. The molecule has 2 spiro atoms. The summed E-state index contributed by atoms with van der Waals surface area (Å²) in [5, 5.41) is 0. The number of allylic oxidation sites excluding steroid dienone is 2. The van der Waals surface area contributed by atoms with Crippen LogP contribution in [-0.2, 0) is 9.53 Å². The van der Waals surface area contributed by atoms with Crippen molar-refractivity contribution in [3.05, 3.63) is 11.6 Å².